The van der Waals surface area contributed by atoms with Crippen molar-refractivity contribution in [3.63, 3.8) is 0 Å². The van der Waals surface area contributed by atoms with Crippen LogP contribution in [0, 0.1) is 0 Å². The number of nitrogens with zero attached hydrogens (tertiary/aromatic N) is 1. The van der Waals surface area contributed by atoms with Crippen molar-refractivity contribution in [2.75, 3.05) is 19.0 Å². The summed E-state index contributed by atoms with van der Waals surface area (Å²) in [4.78, 5) is 14.6. The van der Waals surface area contributed by atoms with E-state index in [0.717, 1.165) is 54.1 Å². The molecule has 4 nitrogen and oxygen atoms in total. The average molecular weight is 490 g/mol. The van der Waals surface area contributed by atoms with Gasteiger partial charge in [0.05, 0.1) is 5.56 Å². The molecule has 8 heteroatoms. The van der Waals surface area contributed by atoms with Crippen molar-refractivity contribution in [2.45, 2.75) is 37.5 Å². The highest BCUT2D eigenvalue weighted by Gasteiger charge is 2.53. The molecule has 1 aliphatic heterocycles. The van der Waals surface area contributed by atoms with Crippen LogP contribution < -0.4 is 4.74 Å². The fourth-order valence-electron chi connectivity index (χ4n) is 3.96. The van der Waals surface area contributed by atoms with E-state index in [4.69, 9.17) is 4.74 Å². The maximum Gasteiger partial charge on any atom is 0.416 e. The smallest absolute Gasteiger partial charge is 0.416 e. The van der Waals surface area contributed by atoms with Crippen LogP contribution in [0.4, 0.5) is 13.2 Å². The summed E-state index contributed by atoms with van der Waals surface area (Å²) >= 11 is 1.57. The Morgan fingerprint density at radius 1 is 1.12 bits per heavy atom. The van der Waals surface area contributed by atoms with Crippen molar-refractivity contribution in [1.29, 1.82) is 0 Å². The lowest BCUT2D eigenvalue weighted by Crippen LogP contribution is -2.29. The van der Waals surface area contributed by atoms with Gasteiger partial charge >= 0.3 is 12.1 Å². The molecule has 0 saturated heterocycles. The number of benzene rings is 2. The highest BCUT2D eigenvalue weighted by atomic mass is 32.2. The molecule has 1 aliphatic carbocycles. The molecule has 180 valence electrons. The first-order valence-corrected chi connectivity index (χ1v) is 12.1. The summed E-state index contributed by atoms with van der Waals surface area (Å²) in [6.07, 6.45) is 1.85. The molecular formula is C26H26F3NO3S. The molecule has 1 saturated carbocycles. The predicted octanol–water partition coefficient (Wildman–Crippen LogP) is 6.02. The van der Waals surface area contributed by atoms with Gasteiger partial charge in [0, 0.05) is 36.7 Å². The molecule has 1 fully saturated rings. The summed E-state index contributed by atoms with van der Waals surface area (Å²) in [7, 11) is 0. The molecule has 0 aromatic heterocycles. The summed E-state index contributed by atoms with van der Waals surface area (Å²) in [5.41, 5.74) is 1.39. The zero-order chi connectivity index (χ0) is 24.3. The Balaban J connectivity index is 1.37. The maximum atomic E-state index is 12.9. The number of thioether (sulfide) groups is 1. The lowest BCUT2D eigenvalue weighted by atomic mass is 10.0. The topological polar surface area (TPSA) is 49.8 Å². The number of halogens is 3. The van der Waals surface area contributed by atoms with E-state index in [0.29, 0.717) is 24.5 Å². The number of hydrogen-bond donors (Lipinski definition) is 1. The molecule has 2 aliphatic rings. The fourth-order valence-corrected chi connectivity index (χ4v) is 5.03. The van der Waals surface area contributed by atoms with Gasteiger partial charge in [-0.25, -0.2) is 4.79 Å². The molecule has 0 radical (unpaired) electrons. The van der Waals surface area contributed by atoms with Gasteiger partial charge in [0.1, 0.15) is 5.75 Å². The molecule has 1 heterocycles. The summed E-state index contributed by atoms with van der Waals surface area (Å²) in [5, 5.41) is 9.36. The third-order valence-corrected chi connectivity index (χ3v) is 7.33. The SMILES string of the molecule is C=C/C=C(\SCN1CCc2ccc(OC3(C(=O)O)CC3)cc2CC1)c1ccc(C(F)(F)F)cc1. The van der Waals surface area contributed by atoms with Crippen LogP contribution in [-0.4, -0.2) is 40.5 Å². The van der Waals surface area contributed by atoms with Crippen LogP contribution in [0.15, 0.2) is 61.2 Å². The lowest BCUT2D eigenvalue weighted by Gasteiger charge is -2.20. The number of carbonyl (C=O) groups is 1. The van der Waals surface area contributed by atoms with Gasteiger partial charge < -0.3 is 9.84 Å². The molecule has 2 aromatic carbocycles. The first kappa shape index (κ1) is 24.4. The van der Waals surface area contributed by atoms with Gasteiger partial charge in [-0.2, -0.15) is 13.2 Å². The van der Waals surface area contributed by atoms with Crippen LogP contribution >= 0.6 is 11.8 Å². The van der Waals surface area contributed by atoms with E-state index in [1.54, 1.807) is 17.8 Å². The molecule has 0 bridgehead atoms. The van der Waals surface area contributed by atoms with Gasteiger partial charge in [0.2, 0.25) is 5.60 Å². The average Bonchev–Trinajstić information content (AvgIpc) is 3.61. The Morgan fingerprint density at radius 2 is 1.79 bits per heavy atom. The number of carboxylic acid groups (broad SMARTS) is 1. The summed E-state index contributed by atoms with van der Waals surface area (Å²) in [6, 6.07) is 11.0. The van der Waals surface area contributed by atoms with Crippen LogP contribution in [0.1, 0.15) is 35.1 Å². The van der Waals surface area contributed by atoms with Crippen molar-refractivity contribution >= 4 is 22.6 Å². The molecule has 0 unspecified atom stereocenters. The monoisotopic (exact) mass is 489 g/mol. The van der Waals surface area contributed by atoms with Crippen LogP contribution in [0.5, 0.6) is 5.75 Å². The predicted molar refractivity (Wildman–Crippen MR) is 128 cm³/mol. The third-order valence-electron chi connectivity index (χ3n) is 6.15. The van der Waals surface area contributed by atoms with Crippen LogP contribution in [0.25, 0.3) is 4.91 Å². The first-order chi connectivity index (χ1) is 16.2. The van der Waals surface area contributed by atoms with Crippen molar-refractivity contribution < 1.29 is 27.8 Å². The zero-order valence-corrected chi connectivity index (χ0v) is 19.4. The second-order valence-corrected chi connectivity index (χ2v) is 9.55. The second-order valence-electron chi connectivity index (χ2n) is 8.57. The number of fused-ring (bicyclic) bond motifs is 1. The van der Waals surface area contributed by atoms with Crippen molar-refractivity contribution in [3.8, 4) is 5.75 Å². The Bertz CT molecular complexity index is 1090. The maximum absolute atomic E-state index is 12.9. The van der Waals surface area contributed by atoms with Crippen molar-refractivity contribution in [2.24, 2.45) is 0 Å². The highest BCUT2D eigenvalue weighted by Crippen LogP contribution is 2.41. The molecule has 4 rings (SSSR count). The molecule has 0 amide bonds. The summed E-state index contributed by atoms with van der Waals surface area (Å²) in [5.74, 6) is 0.377. The minimum absolute atomic E-state index is 0.532. The number of aliphatic carboxylic acids is 1. The molecule has 1 N–H and O–H groups in total. The van der Waals surface area contributed by atoms with Crippen LogP contribution in [-0.2, 0) is 23.8 Å². The van der Waals surface area contributed by atoms with Gasteiger partial charge in [-0.05, 0) is 59.9 Å². The number of allylic oxidation sites excluding steroid dienone is 2. The Hall–Kier alpha value is -2.71. The van der Waals surface area contributed by atoms with E-state index in [1.165, 1.54) is 17.7 Å². The molecule has 0 spiro atoms. The van der Waals surface area contributed by atoms with E-state index in [-0.39, 0.29) is 0 Å². The fraction of sp³-hybridized carbons (Fsp3) is 0.346. The number of rotatable bonds is 8. The second kappa shape index (κ2) is 9.88. The minimum Gasteiger partial charge on any atom is -0.478 e. The van der Waals surface area contributed by atoms with Crippen molar-refractivity contribution in [3.05, 3.63) is 83.4 Å². The number of ether oxygens (including phenoxy) is 1. The summed E-state index contributed by atoms with van der Waals surface area (Å²) < 4.78 is 44.4. The molecule has 0 atom stereocenters. The van der Waals surface area contributed by atoms with E-state index >= 15 is 0 Å². The quantitative estimate of drug-likeness (QED) is 0.460. The number of hydrogen-bond acceptors (Lipinski definition) is 4. The Labute approximate surface area is 201 Å². The van der Waals surface area contributed by atoms with E-state index in [9.17, 15) is 23.1 Å². The normalized spacial score (nSPS) is 18.0. The van der Waals surface area contributed by atoms with Gasteiger partial charge in [-0.3, -0.25) is 4.90 Å². The van der Waals surface area contributed by atoms with Gasteiger partial charge in [0.25, 0.3) is 0 Å². The third kappa shape index (κ3) is 5.67. The first-order valence-electron chi connectivity index (χ1n) is 11.1. The van der Waals surface area contributed by atoms with E-state index < -0.39 is 23.3 Å². The van der Waals surface area contributed by atoms with Crippen LogP contribution in [0.3, 0.4) is 0 Å². The van der Waals surface area contributed by atoms with Crippen molar-refractivity contribution in [1.82, 2.24) is 4.90 Å². The minimum atomic E-state index is -4.35. The molecule has 34 heavy (non-hydrogen) atoms. The Kier molecular flexibility index (Phi) is 7.09. The number of alkyl halides is 3. The largest absolute Gasteiger partial charge is 0.478 e. The number of carboxylic acids is 1. The highest BCUT2D eigenvalue weighted by molar-refractivity contribution is 8.08. The molecule has 2 aromatic rings. The summed E-state index contributed by atoms with van der Waals surface area (Å²) in [6.45, 7) is 5.41. The Morgan fingerprint density at radius 3 is 2.38 bits per heavy atom. The van der Waals surface area contributed by atoms with E-state index in [1.807, 2.05) is 24.3 Å². The lowest BCUT2D eigenvalue weighted by molar-refractivity contribution is -0.147. The van der Waals surface area contributed by atoms with E-state index in [2.05, 4.69) is 11.5 Å². The van der Waals surface area contributed by atoms with Crippen LogP contribution in [0.2, 0.25) is 0 Å². The standard InChI is InChI=1S/C26H26F3NO3S/c1-2-3-23(19-4-7-21(8-5-19)26(27,28)29)34-17-30-14-10-18-6-9-22(16-20(18)11-15-30)33-25(12-13-25)24(31)32/h2-9,16H,1,10-15,17H2,(H,31,32)/b23-3-. The van der Waals surface area contributed by atoms with Gasteiger partial charge in [0.15, 0.2) is 0 Å². The zero-order valence-electron chi connectivity index (χ0n) is 18.6. The molecular weight excluding hydrogens is 463 g/mol. The van der Waals surface area contributed by atoms with Gasteiger partial charge in [-0.15, -0.1) is 11.8 Å². The van der Waals surface area contributed by atoms with Gasteiger partial charge in [-0.1, -0.05) is 30.9 Å².